The van der Waals surface area contributed by atoms with Crippen molar-refractivity contribution >= 4 is 17.5 Å². The molecule has 3 aliphatic heterocycles. The molecule has 0 aromatic heterocycles. The first-order chi connectivity index (χ1) is 18.1. The smallest absolute Gasteiger partial charge is 0.245 e. The Balaban J connectivity index is 0.999. The molecule has 1 spiro atoms. The molecule has 4 saturated carbocycles. The van der Waals surface area contributed by atoms with Gasteiger partial charge in [0, 0.05) is 35.8 Å². The van der Waals surface area contributed by atoms with Gasteiger partial charge < -0.3 is 24.4 Å². The molecule has 37 heavy (non-hydrogen) atoms. The van der Waals surface area contributed by atoms with Crippen LogP contribution >= 0.6 is 0 Å². The Kier molecular flexibility index (Phi) is 4.51. The van der Waals surface area contributed by atoms with E-state index in [0.717, 1.165) is 53.8 Å². The number of nitrogens with zero attached hydrogens (tertiary/aromatic N) is 1. The molecule has 2 aromatic rings. The van der Waals surface area contributed by atoms with E-state index in [4.69, 9.17) is 14.2 Å². The minimum Gasteiger partial charge on any atom is -0.491 e. The van der Waals surface area contributed by atoms with Crippen molar-refractivity contribution in [2.75, 3.05) is 31.4 Å². The second kappa shape index (κ2) is 7.65. The maximum atomic E-state index is 14.1. The maximum Gasteiger partial charge on any atom is 0.245 e. The van der Waals surface area contributed by atoms with Gasteiger partial charge in [-0.25, -0.2) is 0 Å². The topological polar surface area (TPSA) is 77.1 Å². The van der Waals surface area contributed by atoms with Crippen LogP contribution in [0.25, 0.3) is 0 Å². The van der Waals surface area contributed by atoms with Crippen LogP contribution in [0.5, 0.6) is 17.2 Å². The summed E-state index contributed by atoms with van der Waals surface area (Å²) in [6.07, 6.45) is 7.93. The van der Waals surface area contributed by atoms with Crippen molar-refractivity contribution in [1.29, 1.82) is 0 Å². The fourth-order valence-electron chi connectivity index (χ4n) is 8.80. The predicted octanol–water partition coefficient (Wildman–Crippen LogP) is 4.16. The summed E-state index contributed by atoms with van der Waals surface area (Å²) in [7, 11) is 0. The van der Waals surface area contributed by atoms with E-state index in [0.29, 0.717) is 36.8 Å². The summed E-state index contributed by atoms with van der Waals surface area (Å²) >= 11 is 0. The number of carbonyl (C=O) groups is 2. The predicted molar refractivity (Wildman–Crippen MR) is 136 cm³/mol. The molecule has 4 bridgehead atoms. The summed E-state index contributed by atoms with van der Waals surface area (Å²) in [6, 6.07) is 11.8. The Hall–Kier alpha value is -3.22. The van der Waals surface area contributed by atoms with E-state index < -0.39 is 5.41 Å². The molecule has 3 heterocycles. The molecule has 192 valence electrons. The Bertz CT molecular complexity index is 1290. The molecule has 7 heteroatoms. The molecule has 2 aromatic carbocycles. The van der Waals surface area contributed by atoms with Gasteiger partial charge in [0.25, 0.3) is 0 Å². The molecule has 1 atom stereocenters. The van der Waals surface area contributed by atoms with Gasteiger partial charge in [-0.05, 0) is 80.4 Å². The third kappa shape index (κ3) is 3.00. The minimum absolute atomic E-state index is 0.0266. The summed E-state index contributed by atoms with van der Waals surface area (Å²) in [6.45, 7) is 1.58. The van der Waals surface area contributed by atoms with Crippen molar-refractivity contribution in [2.45, 2.75) is 50.4 Å². The summed E-state index contributed by atoms with van der Waals surface area (Å²) in [5.41, 5.74) is 1.72. The van der Waals surface area contributed by atoms with Crippen LogP contribution in [0.1, 0.15) is 56.1 Å². The number of rotatable bonds is 5. The van der Waals surface area contributed by atoms with Crippen LogP contribution in [0.4, 0.5) is 5.69 Å². The third-order valence-corrected chi connectivity index (χ3v) is 10.0. The van der Waals surface area contributed by atoms with E-state index in [1.54, 1.807) is 0 Å². The minimum atomic E-state index is -0.880. The largest absolute Gasteiger partial charge is 0.491 e. The van der Waals surface area contributed by atoms with E-state index >= 15 is 0 Å². The summed E-state index contributed by atoms with van der Waals surface area (Å²) in [4.78, 5) is 29.3. The van der Waals surface area contributed by atoms with Gasteiger partial charge >= 0.3 is 0 Å². The number of benzene rings is 2. The zero-order valence-electron chi connectivity index (χ0n) is 21.0. The molecule has 0 saturated heterocycles. The summed E-state index contributed by atoms with van der Waals surface area (Å²) in [5, 5.41) is 3.28. The SMILES string of the molecule is O=C(NCCCN1C(=O)C2(COc3cc4c(cc32)OCO4)c2ccccc21)C12CC3CC(CC(C3)C1)C2. The van der Waals surface area contributed by atoms with E-state index in [1.165, 1.54) is 19.3 Å². The van der Waals surface area contributed by atoms with Gasteiger partial charge in [-0.2, -0.15) is 0 Å². The summed E-state index contributed by atoms with van der Waals surface area (Å²) < 4.78 is 17.2. The first kappa shape index (κ1) is 21.8. The lowest BCUT2D eigenvalue weighted by atomic mass is 9.49. The molecule has 0 radical (unpaired) electrons. The second-order valence-corrected chi connectivity index (χ2v) is 12.2. The van der Waals surface area contributed by atoms with Gasteiger partial charge in [0.15, 0.2) is 11.5 Å². The monoisotopic (exact) mass is 500 g/mol. The van der Waals surface area contributed by atoms with Crippen LogP contribution in [-0.4, -0.2) is 38.3 Å². The number of hydrogen-bond donors (Lipinski definition) is 1. The van der Waals surface area contributed by atoms with Gasteiger partial charge in [-0.15, -0.1) is 0 Å². The van der Waals surface area contributed by atoms with Crippen LogP contribution < -0.4 is 24.4 Å². The van der Waals surface area contributed by atoms with Crippen LogP contribution in [0, 0.1) is 23.2 Å². The molecule has 7 aliphatic rings. The molecular weight excluding hydrogens is 468 g/mol. The number of ether oxygens (including phenoxy) is 3. The number of anilines is 1. The third-order valence-electron chi connectivity index (χ3n) is 10.0. The highest BCUT2D eigenvalue weighted by Crippen LogP contribution is 2.60. The molecule has 2 amide bonds. The lowest BCUT2D eigenvalue weighted by molar-refractivity contribution is -0.146. The van der Waals surface area contributed by atoms with E-state index in [-0.39, 0.29) is 30.6 Å². The quantitative estimate of drug-likeness (QED) is 0.624. The molecule has 4 aliphatic carbocycles. The van der Waals surface area contributed by atoms with Crippen LogP contribution in [0.15, 0.2) is 36.4 Å². The van der Waals surface area contributed by atoms with Crippen molar-refractivity contribution < 1.29 is 23.8 Å². The Morgan fingerprint density at radius 1 is 0.919 bits per heavy atom. The van der Waals surface area contributed by atoms with Crippen molar-refractivity contribution in [1.82, 2.24) is 5.32 Å². The zero-order valence-corrected chi connectivity index (χ0v) is 21.0. The number of amides is 2. The lowest BCUT2D eigenvalue weighted by Crippen LogP contribution is -2.53. The van der Waals surface area contributed by atoms with Gasteiger partial charge in [0.2, 0.25) is 18.6 Å². The van der Waals surface area contributed by atoms with Crippen LogP contribution in [0.2, 0.25) is 0 Å². The van der Waals surface area contributed by atoms with Gasteiger partial charge in [0.05, 0.1) is 0 Å². The number of hydrogen-bond acceptors (Lipinski definition) is 5. The highest BCUT2D eigenvalue weighted by Gasteiger charge is 2.57. The maximum absolute atomic E-state index is 14.1. The number of carbonyl (C=O) groups excluding carboxylic acids is 2. The lowest BCUT2D eigenvalue weighted by Gasteiger charge is -2.55. The first-order valence-electron chi connectivity index (χ1n) is 13.8. The van der Waals surface area contributed by atoms with Crippen molar-refractivity contribution in [3.8, 4) is 17.2 Å². The number of para-hydroxylation sites is 1. The van der Waals surface area contributed by atoms with Crippen molar-refractivity contribution in [3.63, 3.8) is 0 Å². The average molecular weight is 501 g/mol. The molecule has 4 fully saturated rings. The first-order valence-corrected chi connectivity index (χ1v) is 13.8. The Morgan fingerprint density at radius 3 is 2.38 bits per heavy atom. The van der Waals surface area contributed by atoms with E-state index in [1.807, 2.05) is 41.3 Å². The number of fused-ring (bicyclic) bond motifs is 5. The fourth-order valence-corrected chi connectivity index (χ4v) is 8.80. The highest BCUT2D eigenvalue weighted by molar-refractivity contribution is 6.11. The Labute approximate surface area is 216 Å². The van der Waals surface area contributed by atoms with Crippen molar-refractivity contribution in [2.24, 2.45) is 23.2 Å². The van der Waals surface area contributed by atoms with Crippen LogP contribution in [0.3, 0.4) is 0 Å². The Morgan fingerprint density at radius 2 is 1.62 bits per heavy atom. The van der Waals surface area contributed by atoms with Gasteiger partial charge in [-0.3, -0.25) is 9.59 Å². The molecule has 1 N–H and O–H groups in total. The standard InChI is InChI=1S/C30H32N2O5/c33-27(29-13-18-8-19(14-29)10-20(9-18)15-29)31-6-3-7-32-23-5-2-1-4-21(23)30(28(32)34)16-35-24-12-26-25(11-22(24)30)36-17-37-26/h1-2,4-5,11-12,18-20H,3,6-10,13-17H2,(H,31,33). The van der Waals surface area contributed by atoms with E-state index in [2.05, 4.69) is 5.32 Å². The van der Waals surface area contributed by atoms with Crippen molar-refractivity contribution in [3.05, 3.63) is 47.5 Å². The molecule has 1 unspecified atom stereocenters. The van der Waals surface area contributed by atoms with Gasteiger partial charge in [0.1, 0.15) is 17.8 Å². The fraction of sp³-hybridized carbons (Fsp3) is 0.533. The van der Waals surface area contributed by atoms with E-state index in [9.17, 15) is 9.59 Å². The van der Waals surface area contributed by atoms with Crippen LogP contribution in [-0.2, 0) is 15.0 Å². The second-order valence-electron chi connectivity index (χ2n) is 12.2. The normalized spacial score (nSPS) is 33.6. The highest BCUT2D eigenvalue weighted by atomic mass is 16.7. The number of nitrogens with one attached hydrogen (secondary N) is 1. The van der Waals surface area contributed by atoms with Gasteiger partial charge in [-0.1, -0.05) is 18.2 Å². The molecule has 9 rings (SSSR count). The molecular formula is C30H32N2O5. The summed E-state index contributed by atoms with van der Waals surface area (Å²) in [5.74, 6) is 4.52. The average Bonchev–Trinajstić information content (AvgIpc) is 3.56. The molecule has 7 nitrogen and oxygen atoms in total. The zero-order chi connectivity index (χ0) is 24.8.